The molecule has 36 heavy (non-hydrogen) atoms. The van der Waals surface area contributed by atoms with E-state index in [0.29, 0.717) is 66.1 Å². The van der Waals surface area contributed by atoms with Gasteiger partial charge in [-0.2, -0.15) is 0 Å². The van der Waals surface area contributed by atoms with Crippen molar-refractivity contribution in [1.82, 2.24) is 15.1 Å². The van der Waals surface area contributed by atoms with E-state index in [9.17, 15) is 14.4 Å². The first-order chi connectivity index (χ1) is 17.3. The van der Waals surface area contributed by atoms with Crippen molar-refractivity contribution in [1.29, 1.82) is 0 Å². The molecular formula is C25H24B3N3O5. The van der Waals surface area contributed by atoms with Gasteiger partial charge in [0.2, 0.25) is 11.8 Å². The number of carbonyl (C=O) groups excluding carboxylic acids is 3. The van der Waals surface area contributed by atoms with Gasteiger partial charge in [-0.15, -0.1) is 0 Å². The van der Waals surface area contributed by atoms with Crippen molar-refractivity contribution in [3.05, 3.63) is 52.6 Å². The summed E-state index contributed by atoms with van der Waals surface area (Å²) in [6, 6.07) is 8.17. The Labute approximate surface area is 213 Å². The molecule has 8 nitrogen and oxygen atoms in total. The molecule has 0 saturated carbocycles. The second-order valence-electron chi connectivity index (χ2n) is 9.25. The van der Waals surface area contributed by atoms with Crippen LogP contribution in [0, 0.1) is 0 Å². The van der Waals surface area contributed by atoms with Gasteiger partial charge in [0, 0.05) is 30.6 Å². The number of amides is 3. The average Bonchev–Trinajstić information content (AvgIpc) is 3.19. The summed E-state index contributed by atoms with van der Waals surface area (Å²) in [6.07, 6.45) is 0.506. The van der Waals surface area contributed by atoms with Crippen LogP contribution in [0.3, 0.4) is 0 Å². The highest BCUT2D eigenvalue weighted by Crippen LogP contribution is 2.34. The lowest BCUT2D eigenvalue weighted by Gasteiger charge is -2.35. The lowest BCUT2D eigenvalue weighted by Crippen LogP contribution is -2.52. The largest absolute Gasteiger partial charge is 0.489 e. The van der Waals surface area contributed by atoms with Crippen LogP contribution in [0.5, 0.6) is 5.75 Å². The molecule has 0 aliphatic carbocycles. The van der Waals surface area contributed by atoms with Gasteiger partial charge in [0.25, 0.3) is 5.91 Å². The van der Waals surface area contributed by atoms with Crippen LogP contribution in [0.25, 0.3) is 0 Å². The summed E-state index contributed by atoms with van der Waals surface area (Å²) in [7, 11) is 19.1. The van der Waals surface area contributed by atoms with Crippen molar-refractivity contribution in [2.24, 2.45) is 0 Å². The molecule has 3 amide bonds. The molecule has 2 fully saturated rings. The topological polar surface area (TPSA) is 88.2 Å². The zero-order valence-corrected chi connectivity index (χ0v) is 19.9. The number of benzene rings is 2. The summed E-state index contributed by atoms with van der Waals surface area (Å²) in [6.45, 7) is 3.06. The number of morpholine rings is 1. The van der Waals surface area contributed by atoms with E-state index in [0.717, 1.165) is 5.56 Å². The molecule has 2 atom stereocenters. The van der Waals surface area contributed by atoms with Gasteiger partial charge in [-0.3, -0.25) is 19.7 Å². The summed E-state index contributed by atoms with van der Waals surface area (Å²) in [5.74, 6) is -0.900. The smallest absolute Gasteiger partial charge is 0.255 e. The maximum atomic E-state index is 13.0. The summed E-state index contributed by atoms with van der Waals surface area (Å²) in [4.78, 5) is 40.4. The van der Waals surface area contributed by atoms with E-state index in [-0.39, 0.29) is 31.4 Å². The molecule has 11 heteroatoms. The van der Waals surface area contributed by atoms with Crippen LogP contribution < -0.4 is 21.0 Å². The van der Waals surface area contributed by atoms with E-state index in [1.807, 2.05) is 0 Å². The molecule has 5 rings (SSSR count). The first kappa shape index (κ1) is 24.7. The van der Waals surface area contributed by atoms with Crippen LogP contribution in [0.2, 0.25) is 0 Å². The number of nitrogens with one attached hydrogen (secondary N) is 1. The predicted octanol–water partition coefficient (Wildman–Crippen LogP) is -0.886. The number of fused-ring (bicyclic) bond motifs is 1. The van der Waals surface area contributed by atoms with Gasteiger partial charge in [0.1, 0.15) is 34.1 Å². The third-order valence-corrected chi connectivity index (χ3v) is 6.97. The number of rotatable bonds is 6. The monoisotopic (exact) mass is 479 g/mol. The molecule has 2 unspecified atom stereocenters. The molecule has 3 aliphatic heterocycles. The van der Waals surface area contributed by atoms with Gasteiger partial charge < -0.3 is 19.3 Å². The van der Waals surface area contributed by atoms with Crippen LogP contribution in [0.1, 0.15) is 45.8 Å². The molecule has 0 spiro atoms. The van der Waals surface area contributed by atoms with Crippen molar-refractivity contribution in [2.45, 2.75) is 38.0 Å². The third kappa shape index (κ3) is 4.69. The molecular weight excluding hydrogens is 455 g/mol. The van der Waals surface area contributed by atoms with Crippen LogP contribution in [-0.4, -0.2) is 83.4 Å². The molecule has 178 valence electrons. The van der Waals surface area contributed by atoms with Gasteiger partial charge in [-0.25, -0.2) is 0 Å². The van der Waals surface area contributed by atoms with Crippen molar-refractivity contribution in [3.8, 4) is 5.75 Å². The van der Waals surface area contributed by atoms with E-state index < -0.39 is 17.9 Å². The van der Waals surface area contributed by atoms with Crippen molar-refractivity contribution >= 4 is 52.2 Å². The minimum Gasteiger partial charge on any atom is -0.489 e. The molecule has 2 aromatic rings. The zero-order chi connectivity index (χ0) is 25.4. The quantitative estimate of drug-likeness (QED) is 0.428. The molecule has 2 aromatic carbocycles. The highest BCUT2D eigenvalue weighted by atomic mass is 16.5. The number of imide groups is 1. The zero-order valence-electron chi connectivity index (χ0n) is 19.9. The fourth-order valence-electron chi connectivity index (χ4n) is 5.08. The van der Waals surface area contributed by atoms with Crippen LogP contribution in [0.4, 0.5) is 0 Å². The van der Waals surface area contributed by atoms with Gasteiger partial charge in [-0.05, 0) is 30.1 Å². The molecule has 0 bridgehead atoms. The SMILES string of the molecule is [B]c1cc(COc2cccc3c2CN(C2CCC(=O)NC2=O)C3=O)cc([B])c1C([B])N1CCOCC1. The Morgan fingerprint density at radius 3 is 2.53 bits per heavy atom. The Kier molecular flexibility index (Phi) is 6.95. The van der Waals surface area contributed by atoms with Crippen molar-refractivity contribution < 1.29 is 23.9 Å². The number of ether oxygens (including phenoxy) is 2. The number of piperidine rings is 1. The molecule has 3 heterocycles. The van der Waals surface area contributed by atoms with Crippen molar-refractivity contribution in [2.75, 3.05) is 26.3 Å². The Morgan fingerprint density at radius 2 is 1.83 bits per heavy atom. The number of nitrogens with zero attached hydrogens (tertiary/aromatic N) is 2. The maximum Gasteiger partial charge on any atom is 0.255 e. The third-order valence-electron chi connectivity index (χ3n) is 6.97. The van der Waals surface area contributed by atoms with Crippen LogP contribution in [-0.2, 0) is 27.5 Å². The first-order valence-electron chi connectivity index (χ1n) is 12.0. The van der Waals surface area contributed by atoms with Crippen LogP contribution in [0.15, 0.2) is 30.3 Å². The molecule has 3 aliphatic rings. The fraction of sp³-hybridized carbons (Fsp3) is 0.400. The fourth-order valence-corrected chi connectivity index (χ4v) is 5.08. The van der Waals surface area contributed by atoms with Gasteiger partial charge in [0.15, 0.2) is 0 Å². The molecule has 0 aromatic heterocycles. The minimum atomic E-state index is -0.682. The van der Waals surface area contributed by atoms with Crippen molar-refractivity contribution in [3.63, 3.8) is 0 Å². The average molecular weight is 479 g/mol. The molecule has 6 radical (unpaired) electrons. The lowest BCUT2D eigenvalue weighted by molar-refractivity contribution is -0.136. The highest BCUT2D eigenvalue weighted by molar-refractivity contribution is 6.41. The minimum absolute atomic E-state index is 0.185. The molecule has 2 saturated heterocycles. The summed E-state index contributed by atoms with van der Waals surface area (Å²) >= 11 is 0. The Hall–Kier alpha value is -3.04. The Bertz CT molecular complexity index is 1190. The van der Waals surface area contributed by atoms with Gasteiger partial charge in [0.05, 0.1) is 27.6 Å². The summed E-state index contributed by atoms with van der Waals surface area (Å²) < 4.78 is 11.5. The van der Waals surface area contributed by atoms with E-state index in [4.69, 9.17) is 33.0 Å². The number of hydrogen-bond acceptors (Lipinski definition) is 6. The van der Waals surface area contributed by atoms with Gasteiger partial charge in [-0.1, -0.05) is 34.7 Å². The second kappa shape index (κ2) is 10.1. The van der Waals surface area contributed by atoms with E-state index in [1.54, 1.807) is 30.3 Å². The Morgan fingerprint density at radius 1 is 1.11 bits per heavy atom. The second-order valence-corrected chi connectivity index (χ2v) is 9.25. The number of hydrogen-bond donors (Lipinski definition) is 1. The van der Waals surface area contributed by atoms with E-state index >= 15 is 0 Å². The highest BCUT2D eigenvalue weighted by Gasteiger charge is 2.40. The lowest BCUT2D eigenvalue weighted by atomic mass is 9.71. The molecule has 1 N–H and O–H groups in total. The number of carbonyl (C=O) groups is 3. The summed E-state index contributed by atoms with van der Waals surface area (Å²) in [5, 5.41) is 2.31. The van der Waals surface area contributed by atoms with E-state index in [2.05, 4.69) is 10.2 Å². The van der Waals surface area contributed by atoms with Gasteiger partial charge >= 0.3 is 0 Å². The Balaban J connectivity index is 1.30. The maximum absolute atomic E-state index is 13.0. The van der Waals surface area contributed by atoms with E-state index in [1.165, 1.54) is 4.90 Å². The predicted molar refractivity (Wildman–Crippen MR) is 135 cm³/mol. The standard InChI is InChI=1S/C25H24B3N3O5/c26-17-10-14(11-18(27)22(17)23(28)30-6-8-35-9-7-30)13-36-20-3-1-2-15-16(20)12-31(25(15)34)19-4-5-21(32)29-24(19)33/h1-3,10-11,19,23H,4-9,12-13H2,(H,29,32,33). The first-order valence-corrected chi connectivity index (χ1v) is 12.0. The van der Waals surface area contributed by atoms with Crippen LogP contribution >= 0.6 is 0 Å². The normalized spacial score (nSPS) is 21.3. The summed E-state index contributed by atoms with van der Waals surface area (Å²) in [5.41, 5.74) is 3.64.